The number of hydrogen-bond acceptors (Lipinski definition) is 8. The summed E-state index contributed by atoms with van der Waals surface area (Å²) in [5.41, 5.74) is 0. The van der Waals surface area contributed by atoms with Gasteiger partial charge in [0.25, 0.3) is 0 Å². The first-order chi connectivity index (χ1) is 10.8. The molecule has 10 heteroatoms. The molecular weight excluding hydrogens is 346 g/mol. The molecule has 0 saturated carbocycles. The van der Waals surface area contributed by atoms with Gasteiger partial charge in [0.15, 0.2) is 0 Å². The molecule has 0 aromatic rings. The lowest BCUT2D eigenvalue weighted by Crippen LogP contribution is -2.05. The van der Waals surface area contributed by atoms with E-state index in [-0.39, 0.29) is 38.1 Å². The Morgan fingerprint density at radius 3 is 1.57 bits per heavy atom. The molecule has 0 fully saturated rings. The third kappa shape index (κ3) is 8.89. The van der Waals surface area contributed by atoms with Crippen LogP contribution in [0.1, 0.15) is 41.5 Å². The highest BCUT2D eigenvalue weighted by Gasteiger charge is 2.31. The van der Waals surface area contributed by atoms with Gasteiger partial charge in [-0.1, -0.05) is 13.8 Å². The molecule has 0 aromatic carbocycles. The third-order valence-corrected chi connectivity index (χ3v) is 5.33. The zero-order chi connectivity index (χ0) is 17.9. The predicted octanol–water partition coefficient (Wildman–Crippen LogP) is 4.88. The van der Waals surface area contributed by atoms with E-state index in [2.05, 4.69) is 0 Å². The van der Waals surface area contributed by atoms with Gasteiger partial charge in [0.2, 0.25) is 0 Å². The minimum atomic E-state index is -3.76. The monoisotopic (exact) mass is 374 g/mol. The summed E-state index contributed by atoms with van der Waals surface area (Å²) >= 11 is 0. The molecule has 138 valence electrons. The van der Waals surface area contributed by atoms with E-state index in [4.69, 9.17) is 27.1 Å². The van der Waals surface area contributed by atoms with E-state index in [1.54, 1.807) is 41.5 Å². The number of phosphoric acid groups is 2. The van der Waals surface area contributed by atoms with Crippen molar-refractivity contribution >= 4 is 15.6 Å². The molecule has 0 aliphatic rings. The Morgan fingerprint density at radius 2 is 1.22 bits per heavy atom. The van der Waals surface area contributed by atoms with Crippen LogP contribution >= 0.6 is 15.6 Å². The van der Waals surface area contributed by atoms with Gasteiger partial charge in [0.1, 0.15) is 12.0 Å². The maximum Gasteiger partial charge on any atom is 0.529 e. The molecule has 0 radical (unpaired) electrons. The fourth-order valence-corrected chi connectivity index (χ4v) is 3.72. The van der Waals surface area contributed by atoms with Crippen LogP contribution in [0.4, 0.5) is 0 Å². The second-order valence-corrected chi connectivity index (χ2v) is 7.65. The van der Waals surface area contributed by atoms with Gasteiger partial charge in [0, 0.05) is 5.92 Å². The fraction of sp³-hybridized carbons (Fsp3) is 0.846. The highest BCUT2D eigenvalue weighted by atomic mass is 31.2. The van der Waals surface area contributed by atoms with E-state index in [0.29, 0.717) is 0 Å². The largest absolute Gasteiger partial charge is 0.529 e. The van der Waals surface area contributed by atoms with E-state index in [0.717, 1.165) is 6.26 Å². The van der Waals surface area contributed by atoms with Crippen molar-refractivity contribution in [2.45, 2.75) is 41.5 Å². The Hall–Kier alpha value is -0.360. The molecule has 0 saturated heterocycles. The molecule has 0 unspecified atom stereocenters. The van der Waals surface area contributed by atoms with Crippen molar-refractivity contribution in [2.75, 3.05) is 26.4 Å². The highest BCUT2D eigenvalue weighted by Crippen LogP contribution is 2.54. The topological polar surface area (TPSA) is 89.5 Å². The quantitative estimate of drug-likeness (QED) is 0.333. The smallest absolute Gasteiger partial charge is 0.408 e. The first kappa shape index (κ1) is 22.6. The van der Waals surface area contributed by atoms with Crippen LogP contribution in [0, 0.1) is 5.92 Å². The minimum Gasteiger partial charge on any atom is -0.408 e. The number of phosphoric ester groups is 2. The standard InChI is InChI=1S/C13H28O8P2/c1-7-16-22(14,17-8-2)20-11-13(12(5)6)21-23(15,18-9-3)19-10-4/h11-12H,7-10H2,1-6H3/b13-11-. The lowest BCUT2D eigenvalue weighted by Gasteiger charge is -2.21. The summed E-state index contributed by atoms with van der Waals surface area (Å²) in [5, 5.41) is 0. The van der Waals surface area contributed by atoms with Crippen molar-refractivity contribution in [3.05, 3.63) is 12.0 Å². The van der Waals surface area contributed by atoms with Crippen molar-refractivity contribution in [1.29, 1.82) is 0 Å². The molecule has 0 rings (SSSR count). The SMILES string of the molecule is CCOP(=O)(O/C=C(\OP(=O)(OCC)OCC)C(C)C)OCC. The molecule has 0 aromatic heterocycles. The second-order valence-electron chi connectivity index (χ2n) is 4.44. The summed E-state index contributed by atoms with van der Waals surface area (Å²) in [7, 11) is -7.50. The van der Waals surface area contributed by atoms with Gasteiger partial charge < -0.3 is 9.05 Å². The molecule has 0 aliphatic carbocycles. The first-order valence-electron chi connectivity index (χ1n) is 7.62. The summed E-state index contributed by atoms with van der Waals surface area (Å²) in [4.78, 5) is 0. The summed E-state index contributed by atoms with van der Waals surface area (Å²) < 4.78 is 55.3. The third-order valence-electron chi connectivity index (χ3n) is 2.23. The molecule has 0 spiro atoms. The Bertz CT molecular complexity index is 429. The number of hydrogen-bond donors (Lipinski definition) is 0. The average molecular weight is 374 g/mol. The van der Waals surface area contributed by atoms with Crippen molar-refractivity contribution in [1.82, 2.24) is 0 Å². The summed E-state index contributed by atoms with van der Waals surface area (Å²) in [6, 6.07) is 0. The second kappa shape index (κ2) is 11.2. The van der Waals surface area contributed by atoms with Gasteiger partial charge in [-0.15, -0.1) is 0 Å². The van der Waals surface area contributed by atoms with Gasteiger partial charge in [0.05, 0.1) is 26.4 Å². The summed E-state index contributed by atoms with van der Waals surface area (Å²) in [5.74, 6) is -0.0733. The maximum absolute atomic E-state index is 12.4. The normalized spacial score (nSPS) is 13.4. The Kier molecular flexibility index (Phi) is 11.1. The molecule has 0 aliphatic heterocycles. The lowest BCUT2D eigenvalue weighted by molar-refractivity contribution is 0.127. The maximum atomic E-state index is 12.4. The summed E-state index contributed by atoms with van der Waals surface area (Å²) in [6.07, 6.45) is 1.07. The molecule has 0 heterocycles. The van der Waals surface area contributed by atoms with Gasteiger partial charge in [-0.25, -0.2) is 9.13 Å². The van der Waals surface area contributed by atoms with Crippen molar-refractivity contribution in [3.8, 4) is 0 Å². The summed E-state index contributed by atoms with van der Waals surface area (Å²) in [6.45, 7) is 10.8. The number of rotatable bonds is 13. The van der Waals surface area contributed by atoms with Crippen LogP contribution in [0.3, 0.4) is 0 Å². The van der Waals surface area contributed by atoms with Crippen LogP contribution < -0.4 is 0 Å². The van der Waals surface area contributed by atoms with Gasteiger partial charge in [-0.05, 0) is 27.7 Å². The van der Waals surface area contributed by atoms with Crippen LogP contribution in [-0.2, 0) is 36.3 Å². The van der Waals surface area contributed by atoms with E-state index in [1.807, 2.05) is 0 Å². The Balaban J connectivity index is 5.22. The molecule has 23 heavy (non-hydrogen) atoms. The zero-order valence-corrected chi connectivity index (χ0v) is 16.4. The highest BCUT2D eigenvalue weighted by molar-refractivity contribution is 7.49. The van der Waals surface area contributed by atoms with E-state index in [9.17, 15) is 9.13 Å². The van der Waals surface area contributed by atoms with Crippen molar-refractivity contribution < 1.29 is 36.3 Å². The van der Waals surface area contributed by atoms with Crippen LogP contribution in [0.2, 0.25) is 0 Å². The molecule has 0 amide bonds. The van der Waals surface area contributed by atoms with Gasteiger partial charge in [-0.2, -0.15) is 0 Å². The lowest BCUT2D eigenvalue weighted by atomic mass is 10.2. The minimum absolute atomic E-state index is 0.148. The van der Waals surface area contributed by atoms with Crippen molar-refractivity contribution in [2.24, 2.45) is 5.92 Å². The molecule has 0 N–H and O–H groups in total. The molecular formula is C13H28O8P2. The molecule has 0 bridgehead atoms. The zero-order valence-electron chi connectivity index (χ0n) is 14.6. The predicted molar refractivity (Wildman–Crippen MR) is 86.8 cm³/mol. The Morgan fingerprint density at radius 1 is 0.826 bits per heavy atom. The van der Waals surface area contributed by atoms with Crippen molar-refractivity contribution in [3.63, 3.8) is 0 Å². The van der Waals surface area contributed by atoms with Crippen LogP contribution in [-0.4, -0.2) is 26.4 Å². The number of allylic oxidation sites excluding steroid dienone is 1. The fourth-order valence-electron chi connectivity index (χ4n) is 1.33. The van der Waals surface area contributed by atoms with Gasteiger partial charge in [-0.3, -0.25) is 18.1 Å². The van der Waals surface area contributed by atoms with E-state index in [1.165, 1.54) is 0 Å². The van der Waals surface area contributed by atoms with Crippen LogP contribution in [0.5, 0.6) is 0 Å². The molecule has 0 atom stereocenters. The van der Waals surface area contributed by atoms with E-state index < -0.39 is 15.6 Å². The molecule has 8 nitrogen and oxygen atoms in total. The van der Waals surface area contributed by atoms with Crippen LogP contribution in [0.15, 0.2) is 12.0 Å². The average Bonchev–Trinajstić information content (AvgIpc) is 2.44. The first-order valence-corrected chi connectivity index (χ1v) is 10.5. The van der Waals surface area contributed by atoms with E-state index >= 15 is 0 Å². The van der Waals surface area contributed by atoms with Crippen LogP contribution in [0.25, 0.3) is 0 Å². The Labute approximate surface area is 138 Å². The van der Waals surface area contributed by atoms with Gasteiger partial charge >= 0.3 is 15.6 Å².